The number of hydrogen-bond donors (Lipinski definition) is 2. The van der Waals surface area contributed by atoms with Crippen LogP contribution in [0.15, 0.2) is 54.7 Å². The van der Waals surface area contributed by atoms with E-state index in [1.54, 1.807) is 46.3 Å². The highest BCUT2D eigenvalue weighted by Gasteiger charge is 2.45. The van der Waals surface area contributed by atoms with Gasteiger partial charge in [-0.25, -0.2) is 9.78 Å². The number of carbonyl (C=O) groups excluding carboxylic acids is 5. The molecule has 2 N–H and O–H groups in total. The van der Waals surface area contributed by atoms with Gasteiger partial charge in [-0.3, -0.25) is 39.6 Å². The van der Waals surface area contributed by atoms with Gasteiger partial charge in [0, 0.05) is 76.2 Å². The van der Waals surface area contributed by atoms with Crippen LogP contribution in [-0.4, -0.2) is 120 Å². The number of likely N-dealkylation sites (tertiary alicyclic amines) is 1. The number of pyridine rings is 1. The molecule has 0 bridgehead atoms. The molecule has 6 heterocycles. The van der Waals surface area contributed by atoms with E-state index in [0.717, 1.165) is 68.5 Å². The summed E-state index contributed by atoms with van der Waals surface area (Å²) in [6, 6.07) is 13.0. The summed E-state index contributed by atoms with van der Waals surface area (Å²) in [5, 5.41) is 14.1. The van der Waals surface area contributed by atoms with Crippen LogP contribution in [0.4, 0.5) is 35.2 Å². The predicted octanol–water partition coefficient (Wildman–Crippen LogP) is 4.24. The zero-order chi connectivity index (χ0) is 41.4. The lowest BCUT2D eigenvalue weighted by molar-refractivity contribution is -0.138. The molecule has 4 saturated heterocycles. The molecule has 4 fully saturated rings. The van der Waals surface area contributed by atoms with Gasteiger partial charge < -0.3 is 19.4 Å². The number of amides is 6. The number of fused-ring (bicyclic) bond motifs is 1. The summed E-state index contributed by atoms with van der Waals surface area (Å²) >= 11 is 0. The third-order valence-electron chi connectivity index (χ3n) is 11.9. The molecule has 5 aliphatic rings. The molecule has 15 nitrogen and oxygen atoms in total. The number of anilines is 3. The Morgan fingerprint density at radius 3 is 2.15 bits per heavy atom. The van der Waals surface area contributed by atoms with E-state index in [4.69, 9.17) is 10.00 Å². The molecule has 59 heavy (non-hydrogen) atoms. The van der Waals surface area contributed by atoms with E-state index in [0.29, 0.717) is 49.5 Å². The minimum atomic E-state index is -4.65. The smallest absolute Gasteiger partial charge is 0.417 e. The number of nitrogens with one attached hydrogen (secondary N) is 2. The van der Waals surface area contributed by atoms with E-state index >= 15 is 0 Å². The first kappa shape index (κ1) is 39.6. The molecule has 6 amide bonds. The Balaban J connectivity index is 0.763. The number of carbonyl (C=O) groups is 5. The second-order valence-electron chi connectivity index (χ2n) is 15.4. The molecule has 308 valence electrons. The maximum absolute atomic E-state index is 13.4. The zero-order valence-electron chi connectivity index (χ0n) is 32.0. The minimum Gasteiger partial charge on any atom is -0.489 e. The molecular formula is C41H42F3N9O6. The predicted molar refractivity (Wildman–Crippen MR) is 207 cm³/mol. The number of urea groups is 1. The van der Waals surface area contributed by atoms with Gasteiger partial charge in [-0.15, -0.1) is 0 Å². The quantitative estimate of drug-likeness (QED) is 0.327. The van der Waals surface area contributed by atoms with Gasteiger partial charge in [-0.2, -0.15) is 18.4 Å². The lowest BCUT2D eigenvalue weighted by atomic mass is 9.98. The number of ether oxygens (including phenoxy) is 1. The Bertz CT molecular complexity index is 2190. The number of rotatable bonds is 7. The summed E-state index contributed by atoms with van der Waals surface area (Å²) in [4.78, 5) is 76.8. The summed E-state index contributed by atoms with van der Waals surface area (Å²) in [5.41, 5.74) is 0.338. The second-order valence-corrected chi connectivity index (χ2v) is 15.4. The molecular weight excluding hydrogens is 772 g/mol. The minimum absolute atomic E-state index is 0.0135. The third-order valence-corrected chi connectivity index (χ3v) is 11.9. The number of hydrogen-bond acceptors (Lipinski definition) is 11. The lowest BCUT2D eigenvalue weighted by Gasteiger charge is -2.42. The number of halogens is 3. The fourth-order valence-corrected chi connectivity index (χ4v) is 8.64. The number of nitrogens with zero attached hydrogens (tertiary/aromatic N) is 7. The van der Waals surface area contributed by atoms with Gasteiger partial charge in [0.05, 0.1) is 34.5 Å². The summed E-state index contributed by atoms with van der Waals surface area (Å²) in [6.45, 7) is 4.57. The van der Waals surface area contributed by atoms with Crippen molar-refractivity contribution < 1.29 is 41.9 Å². The van der Waals surface area contributed by atoms with E-state index in [1.165, 1.54) is 12.1 Å². The summed E-state index contributed by atoms with van der Waals surface area (Å²) in [6.07, 6.45) is 0.686. The van der Waals surface area contributed by atoms with Gasteiger partial charge in [0.2, 0.25) is 11.8 Å². The summed E-state index contributed by atoms with van der Waals surface area (Å²) in [5.74, 6) is -1.12. The van der Waals surface area contributed by atoms with Crippen LogP contribution >= 0.6 is 0 Å². The third kappa shape index (κ3) is 8.24. The van der Waals surface area contributed by atoms with Crippen LogP contribution in [0.5, 0.6) is 5.75 Å². The van der Waals surface area contributed by atoms with E-state index in [-0.39, 0.29) is 36.1 Å². The maximum Gasteiger partial charge on any atom is 0.417 e. The number of piperidine rings is 3. The molecule has 18 heteroatoms. The summed E-state index contributed by atoms with van der Waals surface area (Å²) < 4.78 is 46.6. The van der Waals surface area contributed by atoms with Gasteiger partial charge in [0.15, 0.2) is 0 Å². The molecule has 3 aromatic rings. The Hall–Kier alpha value is -6.22. The van der Waals surface area contributed by atoms with Crippen molar-refractivity contribution in [3.05, 3.63) is 77.0 Å². The van der Waals surface area contributed by atoms with Gasteiger partial charge in [-0.1, -0.05) is 0 Å². The van der Waals surface area contributed by atoms with Crippen molar-refractivity contribution in [3.8, 4) is 11.8 Å². The normalized spacial score (nSPS) is 21.0. The highest BCUT2D eigenvalue weighted by molar-refractivity contribution is 6.23. The van der Waals surface area contributed by atoms with Gasteiger partial charge in [0.25, 0.3) is 11.8 Å². The molecule has 0 saturated carbocycles. The first-order valence-electron chi connectivity index (χ1n) is 19.8. The van der Waals surface area contributed by atoms with E-state index < -0.39 is 47.0 Å². The first-order valence-corrected chi connectivity index (χ1v) is 19.8. The average Bonchev–Trinajstić information content (AvgIpc) is 3.49. The topological polar surface area (TPSA) is 172 Å². The van der Waals surface area contributed by atoms with Crippen LogP contribution in [0.25, 0.3) is 0 Å². The van der Waals surface area contributed by atoms with E-state index in [9.17, 15) is 37.1 Å². The highest BCUT2D eigenvalue weighted by atomic mass is 19.4. The zero-order valence-corrected chi connectivity index (χ0v) is 32.0. The van der Waals surface area contributed by atoms with Crippen molar-refractivity contribution in [2.24, 2.45) is 0 Å². The second kappa shape index (κ2) is 16.2. The largest absolute Gasteiger partial charge is 0.489 e. The standard InChI is InChI=1S/C41H42F3N9O6/c42-41(43,44)33-22-28(2-1-25(33)23-45)51-17-19-52(20-18-51)40(58)47-35-7-4-30(24-46-35)59-29-11-15-49(16-12-29)26-9-13-50(14-10-26)27-3-5-31-32(21-27)39(57)53(38(31)56)34-6-8-36(54)48-37(34)55/h1-5,7,21-22,24,26,29,34H,6,8-20H2,(H,46,47,58)(H,48,54,55). The molecule has 1 atom stereocenters. The Labute approximate surface area is 337 Å². The first-order chi connectivity index (χ1) is 28.4. The molecule has 1 unspecified atom stereocenters. The van der Waals surface area contributed by atoms with Gasteiger partial charge >= 0.3 is 12.2 Å². The van der Waals surface area contributed by atoms with Crippen molar-refractivity contribution in [2.75, 3.05) is 67.5 Å². The Morgan fingerprint density at radius 2 is 1.49 bits per heavy atom. The number of alkyl halides is 3. The number of nitriles is 1. The molecule has 8 rings (SSSR count). The van der Waals surface area contributed by atoms with Crippen LogP contribution in [0.1, 0.15) is 70.4 Å². The van der Waals surface area contributed by atoms with Crippen LogP contribution in [0.3, 0.4) is 0 Å². The SMILES string of the molecule is N#Cc1ccc(N2CCN(C(=O)Nc3ccc(OC4CCN(C5CCN(c6ccc7c(c6)C(=O)N(C6CCC(=O)NC6=O)C7=O)CC5)CC4)cn3)CC2)cc1C(F)(F)F. The molecule has 2 aromatic carbocycles. The van der Waals surface area contributed by atoms with Crippen LogP contribution in [0, 0.1) is 11.3 Å². The number of aromatic nitrogens is 1. The highest BCUT2D eigenvalue weighted by Crippen LogP contribution is 2.35. The monoisotopic (exact) mass is 813 g/mol. The molecule has 0 radical (unpaired) electrons. The molecule has 0 spiro atoms. The number of imide groups is 2. The fourth-order valence-electron chi connectivity index (χ4n) is 8.64. The van der Waals surface area contributed by atoms with E-state index in [1.807, 2.05) is 6.07 Å². The Kier molecular flexibility index (Phi) is 10.9. The Morgan fingerprint density at radius 1 is 0.814 bits per heavy atom. The average molecular weight is 814 g/mol. The maximum atomic E-state index is 13.4. The number of benzene rings is 2. The molecule has 5 aliphatic heterocycles. The fraction of sp³-hybridized carbons (Fsp3) is 0.439. The van der Waals surface area contributed by atoms with E-state index in [2.05, 4.69) is 25.4 Å². The van der Waals surface area contributed by atoms with Gasteiger partial charge in [0.1, 0.15) is 23.7 Å². The summed E-state index contributed by atoms with van der Waals surface area (Å²) in [7, 11) is 0. The number of piperazine rings is 1. The van der Waals surface area contributed by atoms with Crippen LogP contribution < -0.4 is 25.2 Å². The van der Waals surface area contributed by atoms with Crippen molar-refractivity contribution in [1.29, 1.82) is 5.26 Å². The molecule has 0 aliphatic carbocycles. The lowest BCUT2D eigenvalue weighted by Crippen LogP contribution is -2.54. The van der Waals surface area contributed by atoms with Gasteiger partial charge in [-0.05, 0) is 80.6 Å². The van der Waals surface area contributed by atoms with Crippen molar-refractivity contribution in [3.63, 3.8) is 0 Å². The molecule has 1 aromatic heterocycles. The van der Waals surface area contributed by atoms with Crippen LogP contribution in [-0.2, 0) is 15.8 Å². The van der Waals surface area contributed by atoms with Crippen LogP contribution in [0.2, 0.25) is 0 Å². The van der Waals surface area contributed by atoms with Crippen molar-refractivity contribution in [1.82, 2.24) is 25.0 Å². The van der Waals surface area contributed by atoms with Crippen molar-refractivity contribution in [2.45, 2.75) is 62.9 Å². The van der Waals surface area contributed by atoms with Crippen molar-refractivity contribution >= 4 is 46.9 Å².